The maximum absolute atomic E-state index is 13.3. The molecule has 4 rings (SSSR count). The molecule has 3 aliphatic rings. The summed E-state index contributed by atoms with van der Waals surface area (Å²) in [5.74, 6) is -2.13. The van der Waals surface area contributed by atoms with Crippen molar-refractivity contribution < 1.29 is 33.4 Å². The molecule has 1 unspecified atom stereocenters. The van der Waals surface area contributed by atoms with Gasteiger partial charge in [0.25, 0.3) is 0 Å². The molecule has 0 saturated carbocycles. The third kappa shape index (κ3) is 5.54. The van der Waals surface area contributed by atoms with E-state index in [0.717, 1.165) is 12.8 Å². The number of hydrogen-bond donors (Lipinski definition) is 2. The van der Waals surface area contributed by atoms with Crippen LogP contribution in [0.1, 0.15) is 31.2 Å². The molecule has 12 heteroatoms. The van der Waals surface area contributed by atoms with Gasteiger partial charge in [0.15, 0.2) is 0 Å². The fourth-order valence-electron chi connectivity index (χ4n) is 4.90. The molecule has 0 radical (unpaired) electrons. The molecule has 35 heavy (non-hydrogen) atoms. The van der Waals surface area contributed by atoms with E-state index in [1.54, 1.807) is 24.1 Å². The van der Waals surface area contributed by atoms with Crippen molar-refractivity contribution in [2.75, 3.05) is 33.3 Å². The number of rotatable bonds is 7. The van der Waals surface area contributed by atoms with E-state index in [2.05, 4.69) is 5.32 Å². The first-order valence-electron chi connectivity index (χ1n) is 11.7. The van der Waals surface area contributed by atoms with Gasteiger partial charge in [0.1, 0.15) is 18.0 Å². The predicted octanol–water partition coefficient (Wildman–Crippen LogP) is 0.607. The van der Waals surface area contributed by atoms with Crippen LogP contribution in [0.2, 0.25) is 0 Å². The van der Waals surface area contributed by atoms with Crippen molar-refractivity contribution >= 4 is 23.8 Å². The summed E-state index contributed by atoms with van der Waals surface area (Å²) >= 11 is 0. The summed E-state index contributed by atoms with van der Waals surface area (Å²) < 4.78 is 18.9. The average molecular weight is 492 g/mol. The molecule has 1 aromatic rings. The van der Waals surface area contributed by atoms with E-state index in [1.807, 2.05) is 0 Å². The van der Waals surface area contributed by atoms with Gasteiger partial charge >= 0.3 is 12.0 Å². The number of carbonyl (C=O) groups is 4. The Labute approximate surface area is 202 Å². The Morgan fingerprint density at radius 3 is 2.63 bits per heavy atom. The molecule has 2 N–H and O–H groups in total. The number of hydrogen-bond acceptors (Lipinski definition) is 6. The highest BCUT2D eigenvalue weighted by atomic mass is 19.1. The molecule has 1 aromatic carbocycles. The zero-order valence-corrected chi connectivity index (χ0v) is 19.6. The van der Waals surface area contributed by atoms with E-state index in [9.17, 15) is 28.7 Å². The molecular formula is C23H30FN5O6. The van der Waals surface area contributed by atoms with Crippen molar-refractivity contribution in [1.29, 1.82) is 0 Å². The van der Waals surface area contributed by atoms with Crippen LogP contribution in [0.4, 0.5) is 9.18 Å². The lowest BCUT2D eigenvalue weighted by Gasteiger charge is -2.54. The molecular weight excluding hydrogens is 461 g/mol. The van der Waals surface area contributed by atoms with Crippen LogP contribution in [0.25, 0.3) is 0 Å². The molecule has 3 fully saturated rings. The summed E-state index contributed by atoms with van der Waals surface area (Å²) in [5, 5.41) is 14.9. The molecule has 4 amide bonds. The van der Waals surface area contributed by atoms with Gasteiger partial charge in [-0.05, 0) is 37.0 Å². The number of ether oxygens (including phenoxy) is 1. The number of halogens is 1. The molecule has 3 heterocycles. The molecule has 3 saturated heterocycles. The first-order chi connectivity index (χ1) is 16.7. The smallest absolute Gasteiger partial charge is 0.334 e. The van der Waals surface area contributed by atoms with E-state index < -0.39 is 24.2 Å². The maximum Gasteiger partial charge on any atom is 0.334 e. The second-order valence-electron chi connectivity index (χ2n) is 9.05. The Hall–Kier alpha value is -3.25. The summed E-state index contributed by atoms with van der Waals surface area (Å²) in [6, 6.07) is 4.27. The zero-order chi connectivity index (χ0) is 25.1. The highest BCUT2D eigenvalue weighted by Crippen LogP contribution is 2.29. The molecule has 0 spiro atoms. The van der Waals surface area contributed by atoms with Crippen LogP contribution in [0.3, 0.4) is 0 Å². The van der Waals surface area contributed by atoms with Gasteiger partial charge in [0.05, 0.1) is 19.2 Å². The minimum atomic E-state index is -1.07. The lowest BCUT2D eigenvalue weighted by atomic mass is 10.0. The number of nitrogens with zero attached hydrogens (tertiary/aromatic N) is 4. The molecule has 0 bridgehead atoms. The molecule has 3 atom stereocenters. The maximum atomic E-state index is 13.3. The number of carbonyl (C=O) groups excluding carboxylic acids is 3. The van der Waals surface area contributed by atoms with Gasteiger partial charge in [-0.1, -0.05) is 12.1 Å². The Bertz CT molecular complexity index is 970. The number of carboxylic acids is 1. The number of benzene rings is 1. The number of amides is 4. The van der Waals surface area contributed by atoms with Crippen LogP contribution in [-0.4, -0.2) is 100 Å². The number of aliphatic carboxylic acids is 1. The lowest BCUT2D eigenvalue weighted by Crippen LogP contribution is -2.76. The summed E-state index contributed by atoms with van der Waals surface area (Å²) in [6.07, 6.45) is 0.430. The molecule has 0 aliphatic carbocycles. The van der Waals surface area contributed by atoms with Gasteiger partial charge in [-0.3, -0.25) is 14.4 Å². The van der Waals surface area contributed by atoms with E-state index in [-0.39, 0.29) is 56.2 Å². The van der Waals surface area contributed by atoms with Crippen LogP contribution in [-0.2, 0) is 25.7 Å². The number of hydrazine groups is 1. The molecule has 11 nitrogen and oxygen atoms in total. The van der Waals surface area contributed by atoms with Crippen LogP contribution >= 0.6 is 0 Å². The van der Waals surface area contributed by atoms with Gasteiger partial charge in [-0.25, -0.2) is 19.2 Å². The highest BCUT2D eigenvalue weighted by Gasteiger charge is 2.50. The third-order valence-electron chi connectivity index (χ3n) is 6.58. The van der Waals surface area contributed by atoms with Crippen molar-refractivity contribution in [3.8, 4) is 0 Å². The Morgan fingerprint density at radius 1 is 1.23 bits per heavy atom. The van der Waals surface area contributed by atoms with Crippen LogP contribution < -0.4 is 5.32 Å². The second-order valence-corrected chi connectivity index (χ2v) is 9.05. The van der Waals surface area contributed by atoms with Gasteiger partial charge in [-0.15, -0.1) is 0 Å². The van der Waals surface area contributed by atoms with E-state index >= 15 is 0 Å². The third-order valence-corrected chi connectivity index (χ3v) is 6.58. The van der Waals surface area contributed by atoms with Crippen molar-refractivity contribution in [2.24, 2.45) is 0 Å². The number of urea groups is 1. The van der Waals surface area contributed by atoms with Crippen LogP contribution in [0.5, 0.6) is 0 Å². The minimum absolute atomic E-state index is 0.0484. The number of piperazine rings is 1. The highest BCUT2D eigenvalue weighted by molar-refractivity contribution is 5.91. The monoisotopic (exact) mass is 491 g/mol. The standard InChI is InChI=1S/C23H30FN5O6/c1-26-14-20(30)28-18(8-9-21(31)32)22(33)27(12-17-3-2-10-35-17)13-19(28)29(26)23(34)25-11-15-4-6-16(24)7-5-15/h4-7,17-19H,2-3,8-14H2,1H3,(H,25,34)(H,31,32)/t17?,18-,19-/m0/s1. The summed E-state index contributed by atoms with van der Waals surface area (Å²) in [7, 11) is 1.61. The van der Waals surface area contributed by atoms with E-state index in [0.29, 0.717) is 18.7 Å². The van der Waals surface area contributed by atoms with Gasteiger partial charge < -0.3 is 25.0 Å². The van der Waals surface area contributed by atoms with Gasteiger partial charge in [0.2, 0.25) is 11.8 Å². The normalized spacial score (nSPS) is 25.1. The van der Waals surface area contributed by atoms with E-state index in [4.69, 9.17) is 4.74 Å². The number of likely N-dealkylation sites (N-methyl/N-ethyl adjacent to an activating group) is 1. The second kappa shape index (κ2) is 10.6. The largest absolute Gasteiger partial charge is 0.481 e. The van der Waals surface area contributed by atoms with Crippen LogP contribution in [0.15, 0.2) is 24.3 Å². The Kier molecular flexibility index (Phi) is 7.51. The van der Waals surface area contributed by atoms with Crippen molar-refractivity contribution in [1.82, 2.24) is 25.1 Å². The summed E-state index contributed by atoms with van der Waals surface area (Å²) in [5.41, 5.74) is 0.700. The SMILES string of the molecule is CN1CC(=O)N2[C@@H](CCC(=O)O)C(=O)N(CC3CCCO3)C[C@@H]2N1C(=O)NCc1ccc(F)cc1. The fourth-order valence-corrected chi connectivity index (χ4v) is 4.90. The zero-order valence-electron chi connectivity index (χ0n) is 19.6. The van der Waals surface area contributed by atoms with Crippen LogP contribution in [0, 0.1) is 5.82 Å². The first-order valence-corrected chi connectivity index (χ1v) is 11.7. The Morgan fingerprint density at radius 2 is 1.97 bits per heavy atom. The molecule has 3 aliphatic heterocycles. The quantitative estimate of drug-likeness (QED) is 0.573. The van der Waals surface area contributed by atoms with E-state index in [1.165, 1.54) is 27.1 Å². The Balaban J connectivity index is 1.56. The number of carboxylic acid groups (broad SMARTS) is 1. The topological polar surface area (TPSA) is 123 Å². The predicted molar refractivity (Wildman–Crippen MR) is 120 cm³/mol. The summed E-state index contributed by atoms with van der Waals surface area (Å²) in [6.45, 7) is 1.02. The van der Waals surface area contributed by atoms with Crippen molar-refractivity contribution in [2.45, 2.75) is 50.5 Å². The lowest BCUT2D eigenvalue weighted by molar-refractivity contribution is -0.188. The summed E-state index contributed by atoms with van der Waals surface area (Å²) in [4.78, 5) is 53.8. The molecule has 0 aromatic heterocycles. The first kappa shape index (κ1) is 24.9. The van der Waals surface area contributed by atoms with Crippen molar-refractivity contribution in [3.63, 3.8) is 0 Å². The minimum Gasteiger partial charge on any atom is -0.481 e. The molecule has 190 valence electrons. The fraction of sp³-hybridized carbons (Fsp3) is 0.565. The number of fused-ring (bicyclic) bond motifs is 1. The average Bonchev–Trinajstić information content (AvgIpc) is 3.32. The van der Waals surface area contributed by atoms with Gasteiger partial charge in [-0.2, -0.15) is 0 Å². The van der Waals surface area contributed by atoms with Gasteiger partial charge in [0, 0.05) is 33.2 Å². The number of nitrogens with one attached hydrogen (secondary N) is 1. The van der Waals surface area contributed by atoms with Crippen molar-refractivity contribution in [3.05, 3.63) is 35.6 Å².